The van der Waals surface area contributed by atoms with Crippen LogP contribution in [0.4, 0.5) is 0 Å². The molecule has 1 N–H and O–H groups in total. The van der Waals surface area contributed by atoms with E-state index in [2.05, 4.69) is 6.92 Å². The van der Waals surface area contributed by atoms with Crippen molar-refractivity contribution in [1.29, 1.82) is 0 Å². The van der Waals surface area contributed by atoms with Crippen LogP contribution in [0.25, 0.3) is 0 Å². The summed E-state index contributed by atoms with van der Waals surface area (Å²) in [6.07, 6.45) is 24.3. The number of rotatable bonds is 19. The van der Waals surface area contributed by atoms with E-state index in [9.17, 15) is 14.7 Å². The second-order valence-electron chi connectivity index (χ2n) is 9.31. The fourth-order valence-electron chi connectivity index (χ4n) is 4.64. The van der Waals surface area contributed by atoms with Crippen LogP contribution in [0.3, 0.4) is 0 Å². The maximum absolute atomic E-state index is 12.2. The Morgan fingerprint density at radius 2 is 1.07 bits per heavy atom. The van der Waals surface area contributed by atoms with Crippen molar-refractivity contribution in [2.45, 2.75) is 135 Å². The minimum atomic E-state index is -0.848. The summed E-state index contributed by atoms with van der Waals surface area (Å²) in [6, 6.07) is 0. The average Bonchev–Trinajstić information content (AvgIpc) is 2.75. The minimum Gasteiger partial charge on any atom is -0.481 e. The van der Waals surface area contributed by atoms with Gasteiger partial charge in [0, 0.05) is 0 Å². The highest BCUT2D eigenvalue weighted by molar-refractivity contribution is 5.81. The first-order valence-corrected chi connectivity index (χ1v) is 13.1. The smallest absolute Gasteiger partial charge is 0.309 e. The molecule has 0 heterocycles. The third-order valence-electron chi connectivity index (χ3n) is 6.63. The minimum absolute atomic E-state index is 0.289. The van der Waals surface area contributed by atoms with E-state index in [1.54, 1.807) is 0 Å². The number of aliphatic carboxylic acids is 1. The summed E-state index contributed by atoms with van der Waals surface area (Å²) in [5.74, 6) is -2.11. The van der Waals surface area contributed by atoms with Crippen LogP contribution in [0.1, 0.15) is 135 Å². The number of carbonyl (C=O) groups is 2. The molecule has 30 heavy (non-hydrogen) atoms. The van der Waals surface area contributed by atoms with Gasteiger partial charge in [0.1, 0.15) is 0 Å². The Morgan fingerprint density at radius 3 is 1.50 bits per heavy atom. The van der Waals surface area contributed by atoms with E-state index in [4.69, 9.17) is 4.74 Å². The lowest BCUT2D eigenvalue weighted by Gasteiger charge is -2.26. The molecule has 0 spiro atoms. The van der Waals surface area contributed by atoms with Gasteiger partial charge in [-0.1, -0.05) is 116 Å². The van der Waals surface area contributed by atoms with Crippen molar-refractivity contribution in [3.8, 4) is 0 Å². The van der Waals surface area contributed by atoms with Gasteiger partial charge in [0.25, 0.3) is 0 Å². The molecular formula is C26H48O4. The molecule has 0 radical (unpaired) electrons. The molecule has 1 aliphatic carbocycles. The topological polar surface area (TPSA) is 63.6 Å². The SMILES string of the molecule is CCCCCCCCCCCCCCCCCCOC(=O)C1CCCCC1C(=O)O. The molecule has 2 atom stereocenters. The number of hydrogen-bond donors (Lipinski definition) is 1. The Hall–Kier alpha value is -1.06. The van der Waals surface area contributed by atoms with E-state index in [0.29, 0.717) is 19.4 Å². The van der Waals surface area contributed by atoms with Crippen LogP contribution < -0.4 is 0 Å². The van der Waals surface area contributed by atoms with Crippen LogP contribution in [0.15, 0.2) is 0 Å². The molecule has 0 aromatic rings. The number of ether oxygens (including phenoxy) is 1. The van der Waals surface area contributed by atoms with Gasteiger partial charge in [-0.25, -0.2) is 0 Å². The van der Waals surface area contributed by atoms with Gasteiger partial charge in [-0.05, 0) is 19.3 Å². The quantitative estimate of drug-likeness (QED) is 0.170. The van der Waals surface area contributed by atoms with E-state index < -0.39 is 17.8 Å². The van der Waals surface area contributed by atoms with Gasteiger partial charge in [0.15, 0.2) is 0 Å². The fourth-order valence-corrected chi connectivity index (χ4v) is 4.64. The highest BCUT2D eigenvalue weighted by Gasteiger charge is 2.36. The van der Waals surface area contributed by atoms with Gasteiger partial charge in [0.2, 0.25) is 0 Å². The van der Waals surface area contributed by atoms with Crippen molar-refractivity contribution in [3.05, 3.63) is 0 Å². The van der Waals surface area contributed by atoms with Gasteiger partial charge in [-0.2, -0.15) is 0 Å². The van der Waals surface area contributed by atoms with E-state index in [-0.39, 0.29) is 5.97 Å². The summed E-state index contributed by atoms with van der Waals surface area (Å²) in [7, 11) is 0. The first-order valence-electron chi connectivity index (χ1n) is 13.1. The Morgan fingerprint density at radius 1 is 0.667 bits per heavy atom. The maximum Gasteiger partial charge on any atom is 0.309 e. The highest BCUT2D eigenvalue weighted by atomic mass is 16.5. The molecule has 0 aromatic heterocycles. The number of esters is 1. The molecule has 0 amide bonds. The van der Waals surface area contributed by atoms with Crippen molar-refractivity contribution in [3.63, 3.8) is 0 Å². The fraction of sp³-hybridized carbons (Fsp3) is 0.923. The maximum atomic E-state index is 12.2. The normalized spacial score (nSPS) is 19.0. The molecule has 0 saturated heterocycles. The van der Waals surface area contributed by atoms with Gasteiger partial charge < -0.3 is 9.84 Å². The van der Waals surface area contributed by atoms with Crippen LogP contribution in [-0.2, 0) is 14.3 Å². The largest absolute Gasteiger partial charge is 0.481 e. The zero-order valence-electron chi connectivity index (χ0n) is 19.7. The summed E-state index contributed by atoms with van der Waals surface area (Å²) in [6.45, 7) is 2.72. The van der Waals surface area contributed by atoms with Crippen molar-refractivity contribution < 1.29 is 19.4 Å². The molecule has 1 aliphatic rings. The number of hydrogen-bond acceptors (Lipinski definition) is 3. The first kappa shape index (κ1) is 27.0. The highest BCUT2D eigenvalue weighted by Crippen LogP contribution is 2.31. The molecule has 4 nitrogen and oxygen atoms in total. The standard InChI is InChI=1S/C26H48O4/c1-2-3-4-5-6-7-8-9-10-11-12-13-14-15-16-19-22-30-26(29)24-21-18-17-20-23(24)25(27)28/h23-24H,2-22H2,1H3,(H,27,28). The second kappa shape index (κ2) is 18.7. The second-order valence-corrected chi connectivity index (χ2v) is 9.31. The molecule has 1 saturated carbocycles. The molecule has 1 fully saturated rings. The van der Waals surface area contributed by atoms with Crippen LogP contribution in [-0.4, -0.2) is 23.7 Å². The lowest BCUT2D eigenvalue weighted by atomic mass is 9.79. The van der Waals surface area contributed by atoms with Crippen molar-refractivity contribution in [1.82, 2.24) is 0 Å². The van der Waals surface area contributed by atoms with Crippen molar-refractivity contribution >= 4 is 11.9 Å². The van der Waals surface area contributed by atoms with E-state index in [1.165, 1.54) is 89.9 Å². The molecule has 0 bridgehead atoms. The number of unbranched alkanes of at least 4 members (excludes halogenated alkanes) is 15. The van der Waals surface area contributed by atoms with Gasteiger partial charge in [0.05, 0.1) is 18.4 Å². The number of carboxylic acid groups (broad SMARTS) is 1. The molecular weight excluding hydrogens is 376 g/mol. The number of carboxylic acids is 1. The monoisotopic (exact) mass is 424 g/mol. The predicted octanol–water partition coefficient (Wildman–Crippen LogP) is 7.68. The summed E-state index contributed by atoms with van der Waals surface area (Å²) >= 11 is 0. The predicted molar refractivity (Wildman–Crippen MR) is 124 cm³/mol. The lowest BCUT2D eigenvalue weighted by molar-refractivity contribution is -0.159. The average molecular weight is 425 g/mol. The summed E-state index contributed by atoms with van der Waals surface area (Å²) in [4.78, 5) is 23.5. The Labute approximate surface area is 185 Å². The Balaban J connectivity index is 1.84. The van der Waals surface area contributed by atoms with Crippen LogP contribution >= 0.6 is 0 Å². The molecule has 0 aliphatic heterocycles. The third kappa shape index (κ3) is 13.3. The molecule has 2 unspecified atom stereocenters. The Bertz CT molecular complexity index is 435. The van der Waals surface area contributed by atoms with Crippen molar-refractivity contribution in [2.75, 3.05) is 6.61 Å². The zero-order chi connectivity index (χ0) is 21.9. The molecule has 1 rings (SSSR count). The number of carbonyl (C=O) groups excluding carboxylic acids is 1. The van der Waals surface area contributed by atoms with Gasteiger partial charge in [-0.3, -0.25) is 9.59 Å². The lowest BCUT2D eigenvalue weighted by Crippen LogP contribution is -2.33. The van der Waals surface area contributed by atoms with Crippen LogP contribution in [0.2, 0.25) is 0 Å². The van der Waals surface area contributed by atoms with E-state index in [0.717, 1.165) is 25.7 Å². The summed E-state index contributed by atoms with van der Waals surface area (Å²) in [5.41, 5.74) is 0. The Kier molecular flexibility index (Phi) is 16.8. The van der Waals surface area contributed by atoms with E-state index >= 15 is 0 Å². The zero-order valence-corrected chi connectivity index (χ0v) is 19.7. The first-order chi connectivity index (χ1) is 14.7. The van der Waals surface area contributed by atoms with Crippen LogP contribution in [0.5, 0.6) is 0 Å². The molecule has 4 heteroatoms. The third-order valence-corrected chi connectivity index (χ3v) is 6.63. The van der Waals surface area contributed by atoms with Gasteiger partial charge in [-0.15, -0.1) is 0 Å². The van der Waals surface area contributed by atoms with Crippen molar-refractivity contribution in [2.24, 2.45) is 11.8 Å². The van der Waals surface area contributed by atoms with Crippen LogP contribution in [0, 0.1) is 11.8 Å². The molecule has 0 aromatic carbocycles. The molecule has 176 valence electrons. The van der Waals surface area contributed by atoms with E-state index in [1.807, 2.05) is 0 Å². The summed E-state index contributed by atoms with van der Waals surface area (Å²) in [5, 5.41) is 9.27. The van der Waals surface area contributed by atoms with Gasteiger partial charge >= 0.3 is 11.9 Å². The summed E-state index contributed by atoms with van der Waals surface area (Å²) < 4.78 is 5.38.